The van der Waals surface area contributed by atoms with E-state index < -0.39 is 22.6 Å². The van der Waals surface area contributed by atoms with Gasteiger partial charge in [-0.15, -0.1) is 12.4 Å². The maximum absolute atomic E-state index is 12.4. The number of nitrogens with zero attached hydrogens (tertiary/aromatic N) is 1. The van der Waals surface area contributed by atoms with Crippen LogP contribution >= 0.6 is 12.4 Å². The van der Waals surface area contributed by atoms with Gasteiger partial charge in [-0.1, -0.05) is 12.1 Å². The number of sulfonamides is 1. The number of benzene rings is 1. The number of nitrogens with two attached hydrogens (primary N) is 1. The number of hydrogen-bond donors (Lipinski definition) is 1. The first-order valence-electron chi connectivity index (χ1n) is 6.58. The summed E-state index contributed by atoms with van der Waals surface area (Å²) in [5.74, 6) is 0.143. The van der Waals surface area contributed by atoms with Crippen molar-refractivity contribution < 1.29 is 21.6 Å². The second-order valence-corrected chi connectivity index (χ2v) is 7.13. The zero-order chi connectivity index (χ0) is 15.7. The van der Waals surface area contributed by atoms with E-state index in [1.807, 2.05) is 0 Å². The fourth-order valence-corrected chi connectivity index (χ4v) is 3.90. The third kappa shape index (κ3) is 4.58. The quantitative estimate of drug-likeness (QED) is 0.897. The van der Waals surface area contributed by atoms with Gasteiger partial charge in [-0.2, -0.15) is 17.5 Å². The summed E-state index contributed by atoms with van der Waals surface area (Å²) in [5.41, 5.74) is 5.57. The van der Waals surface area contributed by atoms with Crippen LogP contribution in [0.2, 0.25) is 0 Å². The first-order valence-corrected chi connectivity index (χ1v) is 8.02. The highest BCUT2D eigenvalue weighted by atomic mass is 35.5. The largest absolute Gasteiger partial charge is 0.393 e. The Hall–Kier alpha value is -0.830. The van der Waals surface area contributed by atoms with Crippen molar-refractivity contribution in [3.63, 3.8) is 0 Å². The van der Waals surface area contributed by atoms with Crippen LogP contribution in [0.5, 0.6) is 0 Å². The van der Waals surface area contributed by atoms with Crippen LogP contribution in [-0.2, 0) is 16.4 Å². The maximum Gasteiger partial charge on any atom is 0.393 e. The van der Waals surface area contributed by atoms with E-state index in [-0.39, 0.29) is 28.8 Å². The summed E-state index contributed by atoms with van der Waals surface area (Å²) >= 11 is 0. The Kier molecular flexibility index (Phi) is 6.26. The zero-order valence-electron chi connectivity index (χ0n) is 11.7. The molecule has 1 heterocycles. The molecule has 2 N–H and O–H groups in total. The number of alkyl halides is 3. The van der Waals surface area contributed by atoms with Crippen LogP contribution in [-0.4, -0.2) is 38.5 Å². The van der Waals surface area contributed by atoms with Crippen molar-refractivity contribution in [2.24, 2.45) is 11.7 Å². The topological polar surface area (TPSA) is 63.4 Å². The standard InChI is InChI=1S/C13H17F3N2O2S.ClH/c14-13(15,16)7-10-1-3-12(4-2-10)21(19,20)18-6-5-11(8-17)9-18;/h1-4,11H,5-9,17H2;1H. The number of halogens is 4. The molecule has 22 heavy (non-hydrogen) atoms. The normalized spacial score (nSPS) is 19.9. The van der Waals surface area contributed by atoms with Crippen molar-refractivity contribution in [2.75, 3.05) is 19.6 Å². The predicted octanol–water partition coefficient (Wildman–Crippen LogP) is 2.18. The monoisotopic (exact) mass is 358 g/mol. The molecule has 0 radical (unpaired) electrons. The molecule has 0 aromatic heterocycles. The van der Waals surface area contributed by atoms with E-state index in [4.69, 9.17) is 5.73 Å². The van der Waals surface area contributed by atoms with Gasteiger partial charge in [0.1, 0.15) is 0 Å². The summed E-state index contributed by atoms with van der Waals surface area (Å²) in [6.07, 6.45) is -4.65. The second-order valence-electron chi connectivity index (χ2n) is 5.19. The molecular weight excluding hydrogens is 341 g/mol. The van der Waals surface area contributed by atoms with Gasteiger partial charge in [0.25, 0.3) is 0 Å². The molecule has 1 aliphatic rings. The van der Waals surface area contributed by atoms with Gasteiger partial charge in [0.05, 0.1) is 11.3 Å². The molecule has 0 spiro atoms. The van der Waals surface area contributed by atoms with Crippen LogP contribution in [0.1, 0.15) is 12.0 Å². The minimum atomic E-state index is -4.30. The Balaban J connectivity index is 0.00000242. The SMILES string of the molecule is Cl.NCC1CCN(S(=O)(=O)c2ccc(CC(F)(F)F)cc2)C1. The molecule has 1 atom stereocenters. The summed E-state index contributed by atoms with van der Waals surface area (Å²) in [4.78, 5) is 0.0195. The van der Waals surface area contributed by atoms with Crippen molar-refractivity contribution in [3.8, 4) is 0 Å². The summed E-state index contributed by atoms with van der Waals surface area (Å²) < 4.78 is 62.8. The fraction of sp³-hybridized carbons (Fsp3) is 0.538. The lowest BCUT2D eigenvalue weighted by atomic mass is 10.1. The molecule has 1 aliphatic heterocycles. The fourth-order valence-electron chi connectivity index (χ4n) is 2.37. The van der Waals surface area contributed by atoms with Gasteiger partial charge < -0.3 is 5.73 Å². The highest BCUT2D eigenvalue weighted by molar-refractivity contribution is 7.89. The Morgan fingerprint density at radius 3 is 2.27 bits per heavy atom. The van der Waals surface area contributed by atoms with E-state index in [2.05, 4.69) is 0 Å². The van der Waals surface area contributed by atoms with Gasteiger partial charge in [0.15, 0.2) is 0 Å². The molecule has 126 valence electrons. The molecule has 1 aromatic rings. The Bertz CT molecular complexity index is 590. The van der Waals surface area contributed by atoms with Crippen molar-refractivity contribution in [2.45, 2.75) is 23.9 Å². The smallest absolute Gasteiger partial charge is 0.330 e. The van der Waals surface area contributed by atoms with E-state index in [1.165, 1.54) is 28.6 Å². The van der Waals surface area contributed by atoms with Crippen LogP contribution in [0.25, 0.3) is 0 Å². The summed E-state index contributed by atoms with van der Waals surface area (Å²) in [6, 6.07) is 4.87. The van der Waals surface area contributed by atoms with Gasteiger partial charge in [-0.25, -0.2) is 8.42 Å². The van der Waals surface area contributed by atoms with Crippen molar-refractivity contribution in [1.29, 1.82) is 0 Å². The average Bonchev–Trinajstić information content (AvgIpc) is 2.87. The van der Waals surface area contributed by atoms with Gasteiger partial charge in [-0.05, 0) is 36.6 Å². The maximum atomic E-state index is 12.4. The van der Waals surface area contributed by atoms with Crippen molar-refractivity contribution >= 4 is 22.4 Å². The Morgan fingerprint density at radius 2 is 1.82 bits per heavy atom. The lowest BCUT2D eigenvalue weighted by Crippen LogP contribution is -2.30. The van der Waals surface area contributed by atoms with Gasteiger partial charge >= 0.3 is 6.18 Å². The van der Waals surface area contributed by atoms with E-state index in [0.29, 0.717) is 26.1 Å². The third-order valence-corrected chi connectivity index (χ3v) is 5.43. The van der Waals surface area contributed by atoms with Gasteiger partial charge in [-0.3, -0.25) is 0 Å². The van der Waals surface area contributed by atoms with Gasteiger partial charge in [0.2, 0.25) is 10.0 Å². The first-order chi connectivity index (χ1) is 9.72. The van der Waals surface area contributed by atoms with Crippen molar-refractivity contribution in [3.05, 3.63) is 29.8 Å². The minimum Gasteiger partial charge on any atom is -0.330 e. The number of hydrogen-bond acceptors (Lipinski definition) is 3. The van der Waals surface area contributed by atoms with Gasteiger partial charge in [0, 0.05) is 13.1 Å². The van der Waals surface area contributed by atoms with Crippen LogP contribution in [0.3, 0.4) is 0 Å². The van der Waals surface area contributed by atoms with Crippen LogP contribution in [0.15, 0.2) is 29.2 Å². The molecular formula is C13H18ClF3N2O2S. The zero-order valence-corrected chi connectivity index (χ0v) is 13.3. The molecule has 4 nitrogen and oxygen atoms in total. The summed E-state index contributed by atoms with van der Waals surface area (Å²) in [6.45, 7) is 1.19. The molecule has 2 rings (SSSR count). The summed E-state index contributed by atoms with van der Waals surface area (Å²) in [5, 5.41) is 0. The van der Waals surface area contributed by atoms with E-state index in [0.717, 1.165) is 0 Å². The van der Waals surface area contributed by atoms with Crippen LogP contribution in [0.4, 0.5) is 13.2 Å². The summed E-state index contributed by atoms with van der Waals surface area (Å²) in [7, 11) is -3.65. The molecule has 1 fully saturated rings. The highest BCUT2D eigenvalue weighted by Gasteiger charge is 2.32. The molecule has 1 aromatic carbocycles. The molecule has 1 saturated heterocycles. The molecule has 0 bridgehead atoms. The second kappa shape index (κ2) is 7.16. The average molecular weight is 359 g/mol. The molecule has 0 aliphatic carbocycles. The van der Waals surface area contributed by atoms with E-state index >= 15 is 0 Å². The van der Waals surface area contributed by atoms with Crippen LogP contribution < -0.4 is 5.73 Å². The first kappa shape index (κ1) is 19.2. The third-order valence-electron chi connectivity index (χ3n) is 3.55. The Labute approximate surface area is 133 Å². The Morgan fingerprint density at radius 1 is 1.23 bits per heavy atom. The molecule has 9 heteroatoms. The highest BCUT2D eigenvalue weighted by Crippen LogP contribution is 2.26. The minimum absolute atomic E-state index is 0. The number of rotatable bonds is 4. The molecule has 1 unspecified atom stereocenters. The van der Waals surface area contributed by atoms with Crippen molar-refractivity contribution in [1.82, 2.24) is 4.31 Å². The van der Waals surface area contributed by atoms with Crippen LogP contribution in [0, 0.1) is 5.92 Å². The van der Waals surface area contributed by atoms with E-state index in [1.54, 1.807) is 0 Å². The molecule has 0 saturated carbocycles. The molecule has 0 amide bonds. The lowest BCUT2D eigenvalue weighted by Gasteiger charge is -2.16. The lowest BCUT2D eigenvalue weighted by molar-refractivity contribution is -0.127. The predicted molar refractivity (Wildman–Crippen MR) is 79.4 cm³/mol. The van der Waals surface area contributed by atoms with E-state index in [9.17, 15) is 21.6 Å².